The third kappa shape index (κ3) is 18.7. The number of fused-ring (bicyclic) bond motifs is 8. The van der Waals surface area contributed by atoms with Crippen LogP contribution in [-0.4, -0.2) is 146 Å². The molecule has 758 valence electrons. The SMILES string of the molecule is Cc1ccc(S(=O)(=O)[C@H]2CCC3=Cc4c(cnn4-c4ccc(F)cc4)C[C@]3(C(=O)c3ccccn3)C2)cc1.Cc1ccnc(C(=O)[C@]23Cc4cnn(-c5ccc(F)cc5)c4C=C2CC[C@H](S(=O)(=O)c2ccn(C)c2)C3)c1.O=C(c1ccccn1)[C@]12Cc3cnn(-c4ccc(F)cc4)c3C=C1CC[C@@H](S(=O)(=O)c1ccccc1)C2.O=C(c1ccccn1)[C@]12Cc3cnn(-c4ccc(F)cc4)c3C=C1CC[C@H](S(=O)(=O)c1ccccn1)C2. The molecule has 0 amide bonds. The van der Waals surface area contributed by atoms with Crippen molar-refractivity contribution in [3.63, 3.8) is 0 Å². The number of rotatable bonds is 20. The van der Waals surface area contributed by atoms with E-state index in [1.54, 1.807) is 274 Å². The van der Waals surface area contributed by atoms with E-state index in [2.05, 4.69) is 45.3 Å². The van der Waals surface area contributed by atoms with Gasteiger partial charge in [-0.1, -0.05) is 82.5 Å². The predicted octanol–water partition coefficient (Wildman–Crippen LogP) is 20.3. The van der Waals surface area contributed by atoms with Crippen molar-refractivity contribution in [2.45, 2.75) is 157 Å². The van der Waals surface area contributed by atoms with Crippen LogP contribution in [0.4, 0.5) is 17.6 Å². The van der Waals surface area contributed by atoms with Gasteiger partial charge in [0.15, 0.2) is 67.5 Å². The van der Waals surface area contributed by atoms with Gasteiger partial charge < -0.3 is 4.57 Å². The molecule has 150 heavy (non-hydrogen) atoms. The van der Waals surface area contributed by atoms with Crippen LogP contribution in [0.3, 0.4) is 0 Å². The second-order valence-corrected chi connectivity index (χ2v) is 48.5. The van der Waals surface area contributed by atoms with Crippen LogP contribution in [0.15, 0.2) is 353 Å². The Morgan fingerprint density at radius 3 is 0.913 bits per heavy atom. The van der Waals surface area contributed by atoms with Crippen molar-refractivity contribution < 1.29 is 70.4 Å². The van der Waals surface area contributed by atoms with Crippen LogP contribution in [0.1, 0.15) is 175 Å². The lowest BCUT2D eigenvalue weighted by Gasteiger charge is -2.43. The van der Waals surface area contributed by atoms with E-state index < -0.39 is 82.0 Å². The molecule has 8 aliphatic rings. The average Bonchev–Trinajstić information content (AvgIpc) is 1.37. The van der Waals surface area contributed by atoms with Crippen LogP contribution in [0.25, 0.3) is 47.1 Å². The first kappa shape index (κ1) is 100. The third-order valence-corrected chi connectivity index (χ3v) is 39.3. The fraction of sp³-hybridized carbons (Fsp3) is 0.233. The number of hydrogen-bond donors (Lipinski definition) is 0. The number of Topliss-reactive ketones (excluding diaryl/α,β-unsaturated/α-hetero) is 4. The van der Waals surface area contributed by atoms with Crippen molar-refractivity contribution in [3.05, 3.63) is 435 Å². The number of pyridine rings is 5. The van der Waals surface area contributed by atoms with Crippen molar-refractivity contribution in [3.8, 4) is 22.7 Å². The van der Waals surface area contributed by atoms with Gasteiger partial charge in [-0.25, -0.2) is 74.9 Å². The number of sulfone groups is 4. The minimum absolute atomic E-state index is 0.0218. The molecule has 34 heteroatoms. The van der Waals surface area contributed by atoms with Crippen molar-refractivity contribution in [2.24, 2.45) is 28.7 Å². The van der Waals surface area contributed by atoms with Crippen molar-refractivity contribution in [1.82, 2.24) is 68.6 Å². The number of hydrogen-bond acceptors (Lipinski definition) is 21. The molecular formula is C116H100F4N14O12S4. The first-order valence-corrected chi connectivity index (χ1v) is 55.5. The van der Waals surface area contributed by atoms with Gasteiger partial charge in [0.05, 0.1) is 128 Å². The summed E-state index contributed by atoms with van der Waals surface area (Å²) in [6.07, 6.45) is 31.3. The van der Waals surface area contributed by atoms with Crippen LogP contribution in [-0.2, 0) is 72.1 Å². The Morgan fingerprint density at radius 1 is 0.307 bits per heavy atom. The van der Waals surface area contributed by atoms with Crippen molar-refractivity contribution in [1.29, 1.82) is 0 Å². The summed E-state index contributed by atoms with van der Waals surface area (Å²) in [6, 6.07) is 65.3. The Bertz CT molecular complexity index is 8350. The normalized spacial score (nSPS) is 20.9. The summed E-state index contributed by atoms with van der Waals surface area (Å²) in [5, 5.41) is 15.3. The number of benzene rings is 6. The highest BCUT2D eigenvalue weighted by Gasteiger charge is 2.58. The lowest BCUT2D eigenvalue weighted by molar-refractivity contribution is 0.0790. The Kier molecular flexibility index (Phi) is 26.8. The summed E-state index contributed by atoms with van der Waals surface area (Å²) < 4.78 is 172. The maximum absolute atomic E-state index is 14.3. The van der Waals surface area contributed by atoms with Gasteiger partial charge in [0.1, 0.15) is 46.0 Å². The molecule has 26 nitrogen and oxygen atoms in total. The highest BCUT2D eigenvalue weighted by atomic mass is 32.2. The molecule has 16 aromatic rings. The minimum atomic E-state index is -3.75. The highest BCUT2D eigenvalue weighted by Crippen LogP contribution is 2.58. The Hall–Kier alpha value is -15.7. The number of aromatic nitrogens is 14. The first-order chi connectivity index (χ1) is 72.2. The van der Waals surface area contributed by atoms with E-state index >= 15 is 0 Å². The van der Waals surface area contributed by atoms with Gasteiger partial charge >= 0.3 is 0 Å². The molecule has 0 N–H and O–H groups in total. The average molecular weight is 2090 g/mol. The molecular weight excluding hydrogens is 1990 g/mol. The standard InChI is InChI=1S/C30H26FN3O3S.C29H27FN4O3S.C29H24FN3O3S.C28H23FN4O3S/c1-20-5-12-25(13-6-20)38(36,37)26-14-7-22-16-28-21(19-33-34(28)24-10-8-23(31)9-11-24)17-30(22,18-26)29(35)27-4-2-3-15-32-27;1-19-9-11-31-26(13-19)28(35)29-15-20-17-32-34(23-6-4-22(30)5-7-23)27(20)14-21(29)3-8-24(16-29)38(36,37)25-10-12-33(2)18-25;30-22-10-12-23(13-11-22)33-27-16-21-9-14-25(37(35,36)24-6-2-1-3-7-24)18-29(21,17-20(27)19-32-33)28(34)26-8-4-5-15-31-26;29-21-8-10-22(11-9-21)33-25-15-20-7-12-23(37(35,36)26-6-2-4-14-31-26)17-28(20,16-19(25)18-32-33)27(34)24-5-1-3-13-30-24/h2-6,8-13,15-16,19,26H,7,14,17-18H2,1H3;4-7,9-14,17-18,24H,3,8,15-16H2,1-2H3;1-8,10-13,15-16,19,25H,9,14,17-18H2;1-6,8-11,13-15,18,23H,7,12,16-17H2/t26-,30-;24-,29-;25-,29+;23-,28-/m0010/s1. The second kappa shape index (κ2) is 40.1. The molecule has 4 fully saturated rings. The van der Waals surface area contributed by atoms with E-state index in [9.17, 15) is 70.4 Å². The number of carbonyl (C=O) groups is 4. The zero-order chi connectivity index (χ0) is 104. The van der Waals surface area contributed by atoms with Gasteiger partial charge in [-0.3, -0.25) is 39.1 Å². The monoisotopic (exact) mass is 2080 g/mol. The van der Waals surface area contributed by atoms with Crippen LogP contribution in [0.2, 0.25) is 0 Å². The molecule has 10 heterocycles. The van der Waals surface area contributed by atoms with Crippen molar-refractivity contribution in [2.75, 3.05) is 0 Å². The predicted molar refractivity (Wildman–Crippen MR) is 556 cm³/mol. The molecule has 0 aliphatic heterocycles. The highest BCUT2D eigenvalue weighted by molar-refractivity contribution is 7.93. The minimum Gasteiger partial charge on any atom is -0.356 e. The number of halogens is 4. The van der Waals surface area contributed by atoms with Gasteiger partial charge in [-0.15, -0.1) is 0 Å². The topological polar surface area (TPSA) is 345 Å². The second-order valence-electron chi connectivity index (χ2n) is 39.6. The van der Waals surface area contributed by atoms with E-state index in [0.29, 0.717) is 123 Å². The summed E-state index contributed by atoms with van der Waals surface area (Å²) in [5.74, 6) is -2.04. The van der Waals surface area contributed by atoms with Gasteiger partial charge in [0.25, 0.3) is 0 Å². The van der Waals surface area contributed by atoms with Gasteiger partial charge in [-0.2, -0.15) is 20.4 Å². The number of aryl methyl sites for hydroxylation is 3. The fourth-order valence-electron chi connectivity index (χ4n) is 22.8. The quantitative estimate of drug-likeness (QED) is 0.0505. The molecule has 10 aromatic heterocycles. The summed E-state index contributed by atoms with van der Waals surface area (Å²) in [5.41, 5.74) is 12.0. The number of allylic oxidation sites excluding steroid dienone is 4. The molecule has 24 rings (SSSR count). The lowest BCUT2D eigenvalue weighted by atomic mass is 9.61. The van der Waals surface area contributed by atoms with E-state index in [0.717, 1.165) is 78.4 Å². The maximum atomic E-state index is 14.3. The molecule has 8 atom stereocenters. The molecule has 8 aliphatic carbocycles. The number of nitrogens with zero attached hydrogens (tertiary/aromatic N) is 14. The Morgan fingerprint density at radius 2 is 0.607 bits per heavy atom. The van der Waals surface area contributed by atoms with Gasteiger partial charge in [-0.05, 0) is 357 Å². The molecule has 0 radical (unpaired) electrons. The fourth-order valence-corrected chi connectivity index (χ4v) is 30.2. The zero-order valence-electron chi connectivity index (χ0n) is 81.7. The molecule has 0 bridgehead atoms. The third-order valence-electron chi connectivity index (χ3n) is 30.6. The van der Waals surface area contributed by atoms with Gasteiger partial charge in [0, 0.05) is 50.4 Å². The van der Waals surface area contributed by atoms with Gasteiger partial charge in [0.2, 0.25) is 0 Å². The van der Waals surface area contributed by atoms with E-state index in [4.69, 9.17) is 0 Å². The summed E-state index contributed by atoms with van der Waals surface area (Å²) in [6.45, 7) is 3.82. The van der Waals surface area contributed by atoms with E-state index in [1.807, 2.05) is 44.2 Å². The summed E-state index contributed by atoms with van der Waals surface area (Å²) in [7, 11) is -12.9. The van der Waals surface area contributed by atoms with E-state index in [-0.39, 0.29) is 91.8 Å². The van der Waals surface area contributed by atoms with Crippen LogP contribution < -0.4 is 0 Å². The van der Waals surface area contributed by atoms with Crippen molar-refractivity contribution >= 4 is 86.8 Å². The number of ketones is 4. The maximum Gasteiger partial charge on any atom is 0.198 e. The smallest absolute Gasteiger partial charge is 0.198 e. The Balaban J connectivity index is 0.000000117. The zero-order valence-corrected chi connectivity index (χ0v) is 84.9. The van der Waals surface area contributed by atoms with Crippen LogP contribution in [0.5, 0.6) is 0 Å². The Labute approximate surface area is 863 Å². The molecule has 0 saturated heterocycles. The summed E-state index contributed by atoms with van der Waals surface area (Å²) in [4.78, 5) is 78.9. The summed E-state index contributed by atoms with van der Waals surface area (Å²) >= 11 is 0. The molecule has 0 unspecified atom stereocenters. The molecule has 4 saturated carbocycles. The molecule has 0 spiro atoms. The van der Waals surface area contributed by atoms with Crippen LogP contribution in [0, 0.1) is 58.8 Å². The number of carbonyl (C=O) groups excluding carboxylic acids is 4. The van der Waals surface area contributed by atoms with Crippen LogP contribution >= 0.6 is 0 Å². The first-order valence-electron chi connectivity index (χ1n) is 49.3. The van der Waals surface area contributed by atoms with E-state index in [1.165, 1.54) is 60.8 Å². The molecule has 6 aromatic carbocycles. The largest absolute Gasteiger partial charge is 0.356 e. The lowest BCUT2D eigenvalue weighted by Crippen LogP contribution is -2.46.